The Balaban J connectivity index is 2.53. The molecule has 19 heavy (non-hydrogen) atoms. The van der Waals surface area contributed by atoms with E-state index in [0.29, 0.717) is 10.6 Å². The third-order valence-electron chi connectivity index (χ3n) is 2.73. The molecule has 100 valence electrons. The molecule has 0 aliphatic heterocycles. The van der Waals surface area contributed by atoms with Crippen LogP contribution in [-0.4, -0.2) is 0 Å². The first kappa shape index (κ1) is 14.4. The molecule has 0 aromatic heterocycles. The van der Waals surface area contributed by atoms with Gasteiger partial charge in [-0.2, -0.15) is 0 Å². The molecule has 0 radical (unpaired) electrons. The van der Waals surface area contributed by atoms with Gasteiger partial charge >= 0.3 is 0 Å². The van der Waals surface area contributed by atoms with Crippen molar-refractivity contribution in [1.29, 1.82) is 0 Å². The monoisotopic (exact) mass is 346 g/mol. The molecule has 0 aliphatic rings. The molecule has 0 heterocycles. The summed E-state index contributed by atoms with van der Waals surface area (Å²) in [7, 11) is 0. The maximum atomic E-state index is 13.8. The standard InChI is InChI=1S/C13H10BrClF2N2/c14-7-4-5-8(10(15)6-7)13(19-18)9-2-1-3-11(16)12(9)17/h1-6,13,19H,18H2. The molecule has 2 aromatic rings. The van der Waals surface area contributed by atoms with E-state index in [9.17, 15) is 8.78 Å². The number of benzene rings is 2. The van der Waals surface area contributed by atoms with E-state index in [1.54, 1.807) is 18.2 Å². The molecule has 0 fully saturated rings. The highest BCUT2D eigenvalue weighted by Crippen LogP contribution is 2.31. The van der Waals surface area contributed by atoms with Crippen molar-refractivity contribution in [2.45, 2.75) is 6.04 Å². The van der Waals surface area contributed by atoms with E-state index in [-0.39, 0.29) is 5.56 Å². The number of nitrogens with two attached hydrogens (primary N) is 1. The molecule has 0 spiro atoms. The maximum Gasteiger partial charge on any atom is 0.163 e. The van der Waals surface area contributed by atoms with Crippen LogP contribution in [0.5, 0.6) is 0 Å². The Labute approximate surface area is 122 Å². The average Bonchev–Trinajstić information content (AvgIpc) is 2.37. The van der Waals surface area contributed by atoms with Gasteiger partial charge in [0.15, 0.2) is 11.6 Å². The van der Waals surface area contributed by atoms with Gasteiger partial charge in [-0.3, -0.25) is 5.84 Å². The molecule has 2 rings (SSSR count). The summed E-state index contributed by atoms with van der Waals surface area (Å²) in [5.74, 6) is 3.59. The lowest BCUT2D eigenvalue weighted by molar-refractivity contribution is 0.483. The summed E-state index contributed by atoms with van der Waals surface area (Å²) >= 11 is 9.38. The van der Waals surface area contributed by atoms with Gasteiger partial charge in [-0.05, 0) is 23.8 Å². The summed E-state index contributed by atoms with van der Waals surface area (Å²) in [5, 5.41) is 0.404. The molecule has 2 aromatic carbocycles. The van der Waals surface area contributed by atoms with Crippen LogP contribution in [0.25, 0.3) is 0 Å². The normalized spacial score (nSPS) is 12.5. The SMILES string of the molecule is NNC(c1ccc(Br)cc1Cl)c1cccc(F)c1F. The average molecular weight is 348 g/mol. The van der Waals surface area contributed by atoms with Crippen LogP contribution in [0.1, 0.15) is 17.2 Å². The summed E-state index contributed by atoms with van der Waals surface area (Å²) in [6.07, 6.45) is 0. The molecule has 0 bridgehead atoms. The van der Waals surface area contributed by atoms with Gasteiger partial charge in [-0.25, -0.2) is 14.2 Å². The predicted molar refractivity (Wildman–Crippen MR) is 74.7 cm³/mol. The zero-order valence-electron chi connectivity index (χ0n) is 9.63. The van der Waals surface area contributed by atoms with Crippen molar-refractivity contribution >= 4 is 27.5 Å². The van der Waals surface area contributed by atoms with E-state index in [1.165, 1.54) is 12.1 Å². The zero-order valence-corrected chi connectivity index (χ0v) is 12.0. The van der Waals surface area contributed by atoms with Gasteiger partial charge < -0.3 is 0 Å². The lowest BCUT2D eigenvalue weighted by atomic mass is 9.98. The Hall–Kier alpha value is -1.01. The van der Waals surface area contributed by atoms with Gasteiger partial charge in [0.05, 0.1) is 6.04 Å². The summed E-state index contributed by atoms with van der Waals surface area (Å²) in [6.45, 7) is 0. The second kappa shape index (κ2) is 5.96. The van der Waals surface area contributed by atoms with Gasteiger partial charge in [0.25, 0.3) is 0 Å². The number of hydrogen-bond donors (Lipinski definition) is 2. The maximum absolute atomic E-state index is 13.8. The fourth-order valence-electron chi connectivity index (χ4n) is 1.83. The second-order valence-corrected chi connectivity index (χ2v) is 5.23. The Morgan fingerprint density at radius 1 is 1.16 bits per heavy atom. The number of hydrazine groups is 1. The van der Waals surface area contributed by atoms with Crippen molar-refractivity contribution in [2.24, 2.45) is 5.84 Å². The Kier molecular flexibility index (Phi) is 4.52. The van der Waals surface area contributed by atoms with Crippen LogP contribution in [0, 0.1) is 11.6 Å². The third kappa shape index (κ3) is 2.95. The Morgan fingerprint density at radius 2 is 1.89 bits per heavy atom. The first-order valence-electron chi connectivity index (χ1n) is 5.39. The lowest BCUT2D eigenvalue weighted by Gasteiger charge is -2.19. The topological polar surface area (TPSA) is 38.0 Å². The van der Waals surface area contributed by atoms with Gasteiger partial charge in [-0.15, -0.1) is 0 Å². The van der Waals surface area contributed by atoms with E-state index < -0.39 is 17.7 Å². The Bertz CT molecular complexity index is 607. The van der Waals surface area contributed by atoms with Crippen molar-refractivity contribution in [3.05, 3.63) is 68.7 Å². The lowest BCUT2D eigenvalue weighted by Crippen LogP contribution is -2.30. The molecule has 0 aliphatic carbocycles. The molecule has 6 heteroatoms. The van der Waals surface area contributed by atoms with Crippen molar-refractivity contribution in [3.63, 3.8) is 0 Å². The van der Waals surface area contributed by atoms with E-state index in [1.807, 2.05) is 0 Å². The van der Waals surface area contributed by atoms with Crippen molar-refractivity contribution in [1.82, 2.24) is 5.43 Å². The first-order chi connectivity index (χ1) is 9.04. The van der Waals surface area contributed by atoms with Gasteiger partial charge in [-0.1, -0.05) is 45.7 Å². The number of nitrogens with one attached hydrogen (secondary N) is 1. The van der Waals surface area contributed by atoms with Crippen LogP contribution >= 0.6 is 27.5 Å². The minimum absolute atomic E-state index is 0.103. The first-order valence-corrected chi connectivity index (χ1v) is 6.56. The highest BCUT2D eigenvalue weighted by atomic mass is 79.9. The third-order valence-corrected chi connectivity index (χ3v) is 3.55. The molecule has 3 N–H and O–H groups in total. The summed E-state index contributed by atoms with van der Waals surface area (Å²) in [6, 6.07) is 8.32. The van der Waals surface area contributed by atoms with Gasteiger partial charge in [0.1, 0.15) is 0 Å². The summed E-state index contributed by atoms with van der Waals surface area (Å²) in [4.78, 5) is 0. The fraction of sp³-hybridized carbons (Fsp3) is 0.0769. The summed E-state index contributed by atoms with van der Waals surface area (Å²) in [5.41, 5.74) is 3.13. The van der Waals surface area contributed by atoms with E-state index in [2.05, 4.69) is 21.4 Å². The van der Waals surface area contributed by atoms with Crippen LogP contribution in [0.2, 0.25) is 5.02 Å². The molecule has 0 amide bonds. The number of hydrogen-bond acceptors (Lipinski definition) is 2. The largest absolute Gasteiger partial charge is 0.271 e. The number of halogens is 4. The van der Waals surface area contributed by atoms with E-state index >= 15 is 0 Å². The molecule has 1 unspecified atom stereocenters. The predicted octanol–water partition coefficient (Wildman–Crippen LogP) is 3.93. The van der Waals surface area contributed by atoms with Crippen molar-refractivity contribution in [2.75, 3.05) is 0 Å². The Morgan fingerprint density at radius 3 is 2.53 bits per heavy atom. The van der Waals surface area contributed by atoms with Crippen LogP contribution in [0.3, 0.4) is 0 Å². The van der Waals surface area contributed by atoms with Crippen molar-refractivity contribution in [3.8, 4) is 0 Å². The highest BCUT2D eigenvalue weighted by molar-refractivity contribution is 9.10. The minimum atomic E-state index is -0.940. The van der Waals surface area contributed by atoms with Crippen LogP contribution in [0.4, 0.5) is 8.78 Å². The van der Waals surface area contributed by atoms with Crippen LogP contribution in [-0.2, 0) is 0 Å². The quantitative estimate of drug-likeness (QED) is 0.652. The fourth-order valence-corrected chi connectivity index (χ4v) is 2.61. The van der Waals surface area contributed by atoms with Gasteiger partial charge in [0.2, 0.25) is 0 Å². The second-order valence-electron chi connectivity index (χ2n) is 3.91. The van der Waals surface area contributed by atoms with Crippen molar-refractivity contribution < 1.29 is 8.78 Å². The number of rotatable bonds is 3. The molecule has 1 atom stereocenters. The zero-order chi connectivity index (χ0) is 14.0. The highest BCUT2D eigenvalue weighted by Gasteiger charge is 2.21. The van der Waals surface area contributed by atoms with E-state index in [4.69, 9.17) is 17.4 Å². The molecule has 0 saturated carbocycles. The molecular formula is C13H10BrClF2N2. The molecule has 0 saturated heterocycles. The minimum Gasteiger partial charge on any atom is -0.271 e. The van der Waals surface area contributed by atoms with Crippen LogP contribution in [0.15, 0.2) is 40.9 Å². The van der Waals surface area contributed by atoms with Crippen LogP contribution < -0.4 is 11.3 Å². The summed E-state index contributed by atoms with van der Waals surface area (Å²) < 4.78 is 27.9. The van der Waals surface area contributed by atoms with Gasteiger partial charge in [0, 0.05) is 15.1 Å². The molecular weight excluding hydrogens is 338 g/mol. The molecule has 2 nitrogen and oxygen atoms in total. The smallest absolute Gasteiger partial charge is 0.163 e. The van der Waals surface area contributed by atoms with E-state index in [0.717, 1.165) is 10.5 Å².